The highest BCUT2D eigenvalue weighted by molar-refractivity contribution is 5.15. The molecule has 0 aromatic carbocycles. The molecule has 14 heavy (non-hydrogen) atoms. The van der Waals surface area contributed by atoms with Gasteiger partial charge in [0.05, 0.1) is 0 Å². The molecule has 0 spiro atoms. The van der Waals surface area contributed by atoms with Crippen LogP contribution >= 0.6 is 0 Å². The van der Waals surface area contributed by atoms with Crippen molar-refractivity contribution in [2.75, 3.05) is 13.2 Å². The van der Waals surface area contributed by atoms with Crippen LogP contribution in [0.2, 0.25) is 0 Å². The molecule has 0 aromatic rings. The van der Waals surface area contributed by atoms with E-state index in [1.165, 1.54) is 12.1 Å². The normalized spacial score (nSPS) is 22.9. The van der Waals surface area contributed by atoms with Crippen molar-refractivity contribution < 1.29 is 4.39 Å². The molecular formula is C12H20FN. The van der Waals surface area contributed by atoms with Crippen molar-refractivity contribution in [1.29, 1.82) is 0 Å². The molecule has 80 valence electrons. The maximum absolute atomic E-state index is 12.2. The topological polar surface area (TPSA) is 3.24 Å². The number of likely N-dealkylation sites (tertiary alicyclic amines) is 1. The summed E-state index contributed by atoms with van der Waals surface area (Å²) in [6, 6.07) is 0.401. The number of halogens is 1. The van der Waals surface area contributed by atoms with Crippen molar-refractivity contribution in [3.8, 4) is 0 Å². The summed E-state index contributed by atoms with van der Waals surface area (Å²) in [6.07, 6.45) is 5.01. The Morgan fingerprint density at radius 3 is 2.93 bits per heavy atom. The van der Waals surface area contributed by atoms with Gasteiger partial charge in [0.15, 0.2) is 0 Å². The molecule has 0 bridgehead atoms. The molecule has 1 heterocycles. The minimum atomic E-state index is -0.352. The van der Waals surface area contributed by atoms with Crippen LogP contribution in [-0.4, -0.2) is 24.2 Å². The quantitative estimate of drug-likeness (QED) is 0.625. The van der Waals surface area contributed by atoms with E-state index >= 15 is 0 Å². The van der Waals surface area contributed by atoms with E-state index in [2.05, 4.69) is 18.4 Å². The molecule has 2 heteroatoms. The molecule has 0 radical (unpaired) electrons. The first-order valence-electron chi connectivity index (χ1n) is 5.37. The second-order valence-electron chi connectivity index (χ2n) is 3.87. The third kappa shape index (κ3) is 2.37. The maximum atomic E-state index is 12.2. The molecule has 0 amide bonds. The zero-order valence-electron chi connectivity index (χ0n) is 9.22. The molecule has 1 rings (SSSR count). The van der Waals surface area contributed by atoms with Crippen LogP contribution in [-0.2, 0) is 0 Å². The second kappa shape index (κ2) is 5.18. The first-order chi connectivity index (χ1) is 6.70. The van der Waals surface area contributed by atoms with Gasteiger partial charge in [-0.25, -0.2) is 4.39 Å². The van der Waals surface area contributed by atoms with Crippen LogP contribution in [0.15, 0.2) is 23.9 Å². The number of alkyl halides is 1. The van der Waals surface area contributed by atoms with E-state index < -0.39 is 0 Å². The van der Waals surface area contributed by atoms with E-state index in [0.717, 1.165) is 25.0 Å². The third-order valence-corrected chi connectivity index (χ3v) is 2.99. The summed E-state index contributed by atoms with van der Waals surface area (Å²) in [5, 5.41) is 0. The smallest absolute Gasteiger partial charge is 0.108 e. The summed E-state index contributed by atoms with van der Waals surface area (Å²) in [6.45, 7) is 8.92. The fraction of sp³-hybridized carbons (Fsp3) is 0.667. The largest absolute Gasteiger partial charge is 0.369 e. The zero-order chi connectivity index (χ0) is 10.6. The van der Waals surface area contributed by atoms with Crippen molar-refractivity contribution in [2.45, 2.75) is 39.2 Å². The maximum Gasteiger partial charge on any atom is 0.108 e. The lowest BCUT2D eigenvalue weighted by Gasteiger charge is -2.28. The lowest BCUT2D eigenvalue weighted by Crippen LogP contribution is -2.29. The van der Waals surface area contributed by atoms with Crippen LogP contribution in [0, 0.1) is 0 Å². The van der Waals surface area contributed by atoms with E-state index in [1.807, 2.05) is 6.92 Å². The summed E-state index contributed by atoms with van der Waals surface area (Å²) in [7, 11) is 0. The van der Waals surface area contributed by atoms with E-state index in [0.29, 0.717) is 6.04 Å². The number of allylic oxidation sites excluding steroid dienone is 2. The number of hydrogen-bond donors (Lipinski definition) is 0. The Balaban J connectivity index is 2.68. The molecule has 1 fully saturated rings. The Morgan fingerprint density at radius 1 is 1.64 bits per heavy atom. The predicted octanol–water partition coefficient (Wildman–Crippen LogP) is 3.29. The Morgan fingerprint density at radius 2 is 2.36 bits per heavy atom. The lowest BCUT2D eigenvalue weighted by atomic mass is 10.1. The molecule has 0 aliphatic carbocycles. The summed E-state index contributed by atoms with van der Waals surface area (Å²) in [4.78, 5) is 2.32. The van der Waals surface area contributed by atoms with E-state index in [4.69, 9.17) is 0 Å². The number of hydrogen-bond acceptors (Lipinski definition) is 1. The minimum Gasteiger partial charge on any atom is -0.369 e. The first-order valence-corrected chi connectivity index (χ1v) is 5.37. The van der Waals surface area contributed by atoms with Gasteiger partial charge in [0.1, 0.15) is 6.67 Å². The average Bonchev–Trinajstić information content (AvgIpc) is 2.65. The molecule has 1 unspecified atom stereocenters. The molecule has 1 saturated heterocycles. The number of rotatable bonds is 4. The van der Waals surface area contributed by atoms with Crippen LogP contribution in [0.1, 0.15) is 33.1 Å². The predicted molar refractivity (Wildman–Crippen MR) is 58.9 cm³/mol. The summed E-state index contributed by atoms with van der Waals surface area (Å²) in [5.41, 5.74) is 2.33. The van der Waals surface area contributed by atoms with E-state index in [1.54, 1.807) is 6.08 Å². The second-order valence-corrected chi connectivity index (χ2v) is 3.87. The summed E-state index contributed by atoms with van der Waals surface area (Å²) < 4.78 is 12.2. The van der Waals surface area contributed by atoms with Gasteiger partial charge in [0.2, 0.25) is 0 Å². The van der Waals surface area contributed by atoms with Gasteiger partial charge >= 0.3 is 0 Å². The SMILES string of the molecule is C=C(CC)N1CCCC1C(C)=CCF. The van der Waals surface area contributed by atoms with Crippen molar-refractivity contribution in [2.24, 2.45) is 0 Å². The minimum absolute atomic E-state index is 0.352. The van der Waals surface area contributed by atoms with Gasteiger partial charge in [-0.2, -0.15) is 0 Å². The van der Waals surface area contributed by atoms with Gasteiger partial charge in [-0.1, -0.05) is 25.2 Å². The molecule has 1 aliphatic rings. The highest BCUT2D eigenvalue weighted by atomic mass is 19.1. The van der Waals surface area contributed by atoms with Gasteiger partial charge in [0, 0.05) is 18.3 Å². The van der Waals surface area contributed by atoms with Crippen molar-refractivity contribution in [3.05, 3.63) is 23.9 Å². The van der Waals surface area contributed by atoms with Crippen molar-refractivity contribution in [3.63, 3.8) is 0 Å². The Bertz CT molecular complexity index is 232. The average molecular weight is 197 g/mol. The number of nitrogens with zero attached hydrogens (tertiary/aromatic N) is 1. The van der Waals surface area contributed by atoms with E-state index in [9.17, 15) is 4.39 Å². The van der Waals surface area contributed by atoms with Gasteiger partial charge < -0.3 is 4.90 Å². The Labute approximate surface area is 86.3 Å². The third-order valence-electron chi connectivity index (χ3n) is 2.99. The Hall–Kier alpha value is -0.790. The van der Waals surface area contributed by atoms with Crippen LogP contribution in [0.4, 0.5) is 4.39 Å². The lowest BCUT2D eigenvalue weighted by molar-refractivity contribution is 0.344. The Kier molecular flexibility index (Phi) is 4.18. The van der Waals surface area contributed by atoms with Crippen LogP contribution in [0.3, 0.4) is 0 Å². The molecule has 0 N–H and O–H groups in total. The summed E-state index contributed by atoms with van der Waals surface area (Å²) in [5.74, 6) is 0. The first kappa shape index (κ1) is 11.3. The van der Waals surface area contributed by atoms with Gasteiger partial charge in [-0.15, -0.1) is 0 Å². The molecular weight excluding hydrogens is 177 g/mol. The zero-order valence-corrected chi connectivity index (χ0v) is 9.22. The molecule has 0 saturated carbocycles. The molecule has 1 atom stereocenters. The van der Waals surface area contributed by atoms with Gasteiger partial charge in [-0.3, -0.25) is 0 Å². The molecule has 1 aliphatic heterocycles. The van der Waals surface area contributed by atoms with Crippen LogP contribution in [0.5, 0.6) is 0 Å². The molecule has 0 aromatic heterocycles. The monoisotopic (exact) mass is 197 g/mol. The van der Waals surface area contributed by atoms with Crippen molar-refractivity contribution >= 4 is 0 Å². The molecule has 1 nitrogen and oxygen atoms in total. The van der Waals surface area contributed by atoms with Gasteiger partial charge in [-0.05, 0) is 26.2 Å². The fourth-order valence-corrected chi connectivity index (χ4v) is 2.08. The van der Waals surface area contributed by atoms with Gasteiger partial charge in [0.25, 0.3) is 0 Å². The van der Waals surface area contributed by atoms with Crippen LogP contribution < -0.4 is 0 Å². The fourth-order valence-electron chi connectivity index (χ4n) is 2.08. The van der Waals surface area contributed by atoms with E-state index in [-0.39, 0.29) is 6.67 Å². The highest BCUT2D eigenvalue weighted by Crippen LogP contribution is 2.27. The highest BCUT2D eigenvalue weighted by Gasteiger charge is 2.25. The summed E-state index contributed by atoms with van der Waals surface area (Å²) >= 11 is 0. The standard InChI is InChI=1S/C12H20FN/c1-4-11(3)14-9-5-6-12(14)10(2)7-8-13/h7,12H,3-6,8-9H2,1-2H3. The van der Waals surface area contributed by atoms with Crippen LogP contribution in [0.25, 0.3) is 0 Å². The van der Waals surface area contributed by atoms with Crippen molar-refractivity contribution in [1.82, 2.24) is 4.90 Å².